The summed E-state index contributed by atoms with van der Waals surface area (Å²) in [5, 5.41) is 18.3. The smallest absolute Gasteiger partial charge is 0.267 e. The fraction of sp³-hybridized carbons (Fsp3) is 0.214. The average molecular weight is 284 g/mol. The summed E-state index contributed by atoms with van der Waals surface area (Å²) in [6.07, 6.45) is 0. The van der Waals surface area contributed by atoms with Crippen molar-refractivity contribution in [3.63, 3.8) is 0 Å². The molecule has 1 aromatic heterocycles. The minimum Gasteiger partial charge on any atom is -0.397 e. The normalized spacial score (nSPS) is 9.95. The van der Waals surface area contributed by atoms with Gasteiger partial charge >= 0.3 is 0 Å². The number of nitrogens with two attached hydrogens (primary N) is 1. The number of nitriles is 2. The van der Waals surface area contributed by atoms with Gasteiger partial charge in [-0.2, -0.15) is 10.5 Å². The van der Waals surface area contributed by atoms with E-state index in [1.165, 1.54) is 16.2 Å². The van der Waals surface area contributed by atoms with Gasteiger partial charge in [-0.15, -0.1) is 11.3 Å². The highest BCUT2D eigenvalue weighted by Gasteiger charge is 2.22. The first-order chi connectivity index (χ1) is 9.60. The number of nitrogen functional groups attached to an aromatic ring is 1. The highest BCUT2D eigenvalue weighted by molar-refractivity contribution is 7.21. The molecule has 0 saturated heterocycles. The number of carbonyl (C=O) groups is 1. The summed E-state index contributed by atoms with van der Waals surface area (Å²) in [4.78, 5) is 14.0. The summed E-state index contributed by atoms with van der Waals surface area (Å²) in [7, 11) is 0. The fourth-order valence-electron chi connectivity index (χ4n) is 1.95. The van der Waals surface area contributed by atoms with Crippen molar-refractivity contribution < 1.29 is 4.79 Å². The lowest BCUT2D eigenvalue weighted by molar-refractivity contribution is 0.0800. The Hall–Kier alpha value is -2.57. The summed E-state index contributed by atoms with van der Waals surface area (Å²) in [5.74, 6) is -0.369. The van der Waals surface area contributed by atoms with Gasteiger partial charge in [-0.05, 0) is 12.5 Å². The molecule has 0 spiro atoms. The molecule has 0 saturated carbocycles. The van der Waals surface area contributed by atoms with Crippen molar-refractivity contribution in [3.8, 4) is 12.1 Å². The maximum Gasteiger partial charge on any atom is 0.267 e. The monoisotopic (exact) mass is 284 g/mol. The molecule has 1 aromatic carbocycles. The van der Waals surface area contributed by atoms with Crippen LogP contribution < -0.4 is 5.73 Å². The summed E-state index contributed by atoms with van der Waals surface area (Å²) >= 11 is 1.30. The topological polar surface area (TPSA) is 93.9 Å². The Morgan fingerprint density at radius 2 is 2.00 bits per heavy atom. The first-order valence-corrected chi connectivity index (χ1v) is 6.72. The third kappa shape index (κ3) is 2.29. The molecule has 0 aliphatic rings. The van der Waals surface area contributed by atoms with E-state index in [1.54, 1.807) is 0 Å². The van der Waals surface area contributed by atoms with E-state index in [0.29, 0.717) is 10.6 Å². The number of fused-ring (bicyclic) bond motifs is 1. The van der Waals surface area contributed by atoms with Crippen molar-refractivity contribution in [1.29, 1.82) is 10.5 Å². The highest BCUT2D eigenvalue weighted by Crippen LogP contribution is 2.36. The molecule has 0 radical (unpaired) electrons. The highest BCUT2D eigenvalue weighted by atomic mass is 32.1. The van der Waals surface area contributed by atoms with Gasteiger partial charge in [0.15, 0.2) is 0 Å². The summed E-state index contributed by atoms with van der Waals surface area (Å²) in [5.41, 5.74) is 7.50. The van der Waals surface area contributed by atoms with E-state index in [0.717, 1.165) is 15.6 Å². The second kappa shape index (κ2) is 5.60. The molecule has 0 bridgehead atoms. The standard InChI is InChI=1S/C14H12N4OS/c1-9-3-2-4-10-11(17)13(20-12(9)10)14(19)18(7-5-15)8-6-16/h2-4H,7-8,17H2,1H3. The quantitative estimate of drug-likeness (QED) is 0.875. The number of rotatable bonds is 3. The Balaban J connectivity index is 2.50. The average Bonchev–Trinajstić information content (AvgIpc) is 2.77. The van der Waals surface area contributed by atoms with Crippen molar-refractivity contribution in [2.24, 2.45) is 0 Å². The van der Waals surface area contributed by atoms with E-state index in [-0.39, 0.29) is 19.0 Å². The summed E-state index contributed by atoms with van der Waals surface area (Å²) < 4.78 is 0.960. The van der Waals surface area contributed by atoms with Crippen LogP contribution in [0.25, 0.3) is 10.1 Å². The zero-order chi connectivity index (χ0) is 14.7. The maximum atomic E-state index is 12.4. The molecule has 0 fully saturated rings. The molecule has 20 heavy (non-hydrogen) atoms. The van der Waals surface area contributed by atoms with Gasteiger partial charge < -0.3 is 10.6 Å². The zero-order valence-corrected chi connectivity index (χ0v) is 11.7. The molecular weight excluding hydrogens is 272 g/mol. The molecule has 0 atom stereocenters. The zero-order valence-electron chi connectivity index (χ0n) is 10.9. The van der Waals surface area contributed by atoms with Gasteiger partial charge in [0.2, 0.25) is 0 Å². The van der Waals surface area contributed by atoms with E-state index in [4.69, 9.17) is 16.3 Å². The SMILES string of the molecule is Cc1cccc2c(N)c(C(=O)N(CC#N)CC#N)sc12. The summed E-state index contributed by atoms with van der Waals surface area (Å²) in [6.45, 7) is 1.70. The predicted molar refractivity (Wildman–Crippen MR) is 78.1 cm³/mol. The van der Waals surface area contributed by atoms with E-state index in [1.807, 2.05) is 37.3 Å². The number of hydrogen-bond donors (Lipinski definition) is 1. The number of carbonyl (C=O) groups excluding carboxylic acids is 1. The minimum absolute atomic E-state index is 0.126. The van der Waals surface area contributed by atoms with Crippen molar-refractivity contribution in [3.05, 3.63) is 28.6 Å². The molecule has 2 rings (SSSR count). The Morgan fingerprint density at radius 1 is 1.35 bits per heavy atom. The van der Waals surface area contributed by atoms with Gasteiger partial charge in [-0.3, -0.25) is 4.79 Å². The molecule has 6 heteroatoms. The van der Waals surface area contributed by atoms with Gasteiger partial charge in [0, 0.05) is 10.1 Å². The Labute approximate surface area is 120 Å². The molecule has 1 amide bonds. The van der Waals surface area contributed by atoms with Crippen LogP contribution >= 0.6 is 11.3 Å². The van der Waals surface area contributed by atoms with E-state index < -0.39 is 0 Å². The van der Waals surface area contributed by atoms with Crippen LogP contribution in [0.4, 0.5) is 5.69 Å². The lowest BCUT2D eigenvalue weighted by atomic mass is 10.1. The first-order valence-electron chi connectivity index (χ1n) is 5.91. The molecule has 0 aliphatic carbocycles. The Kier molecular flexibility index (Phi) is 3.88. The van der Waals surface area contributed by atoms with Crippen LogP contribution in [0.5, 0.6) is 0 Å². The van der Waals surface area contributed by atoms with Crippen LogP contribution in [0.1, 0.15) is 15.2 Å². The van der Waals surface area contributed by atoms with Crippen molar-refractivity contribution in [1.82, 2.24) is 4.90 Å². The lowest BCUT2D eigenvalue weighted by Gasteiger charge is -2.14. The number of anilines is 1. The van der Waals surface area contributed by atoms with Gasteiger partial charge in [-0.25, -0.2) is 0 Å². The molecule has 0 unspecified atom stereocenters. The third-order valence-corrected chi connectivity index (χ3v) is 4.30. The lowest BCUT2D eigenvalue weighted by Crippen LogP contribution is -2.31. The third-order valence-electron chi connectivity index (χ3n) is 2.96. The predicted octanol–water partition coefficient (Wildman–Crippen LogP) is 2.28. The van der Waals surface area contributed by atoms with Gasteiger partial charge in [-0.1, -0.05) is 18.2 Å². The number of aryl methyl sites for hydroxylation is 1. The number of nitrogens with zero attached hydrogens (tertiary/aromatic N) is 3. The van der Waals surface area contributed by atoms with Crippen LogP contribution in [0.3, 0.4) is 0 Å². The number of benzene rings is 1. The summed E-state index contributed by atoms with van der Waals surface area (Å²) in [6, 6.07) is 9.48. The largest absolute Gasteiger partial charge is 0.397 e. The molecule has 5 nitrogen and oxygen atoms in total. The second-order valence-corrected chi connectivity index (χ2v) is 5.29. The van der Waals surface area contributed by atoms with E-state index >= 15 is 0 Å². The molecule has 2 N–H and O–H groups in total. The second-order valence-electron chi connectivity index (χ2n) is 4.27. The van der Waals surface area contributed by atoms with Gasteiger partial charge in [0.05, 0.1) is 17.8 Å². The molecular formula is C14H12N4OS. The Bertz CT molecular complexity index is 735. The van der Waals surface area contributed by atoms with Crippen LogP contribution in [-0.4, -0.2) is 23.9 Å². The Morgan fingerprint density at radius 3 is 2.55 bits per heavy atom. The van der Waals surface area contributed by atoms with Crippen LogP contribution in [0.2, 0.25) is 0 Å². The molecule has 1 heterocycles. The number of amides is 1. The van der Waals surface area contributed by atoms with Crippen molar-refractivity contribution in [2.75, 3.05) is 18.8 Å². The molecule has 2 aromatic rings. The molecule has 100 valence electrons. The van der Waals surface area contributed by atoms with E-state index in [2.05, 4.69) is 0 Å². The molecule has 0 aliphatic heterocycles. The van der Waals surface area contributed by atoms with Gasteiger partial charge in [0.1, 0.15) is 18.0 Å². The van der Waals surface area contributed by atoms with E-state index in [9.17, 15) is 4.79 Å². The number of thiophene rings is 1. The van der Waals surface area contributed by atoms with Gasteiger partial charge in [0.25, 0.3) is 5.91 Å². The minimum atomic E-state index is -0.369. The van der Waals surface area contributed by atoms with Crippen LogP contribution in [-0.2, 0) is 0 Å². The van der Waals surface area contributed by atoms with Crippen molar-refractivity contribution >= 4 is 33.0 Å². The fourth-order valence-corrected chi connectivity index (χ4v) is 3.11. The van der Waals surface area contributed by atoms with Crippen molar-refractivity contribution in [2.45, 2.75) is 6.92 Å². The van der Waals surface area contributed by atoms with Crippen LogP contribution in [0.15, 0.2) is 18.2 Å². The maximum absolute atomic E-state index is 12.4. The van der Waals surface area contributed by atoms with Crippen LogP contribution in [0, 0.1) is 29.6 Å². The first kappa shape index (κ1) is 13.9. The number of hydrogen-bond acceptors (Lipinski definition) is 5.